The molecular formula is C13H21N3O3S. The second-order valence-electron chi connectivity index (χ2n) is 5.56. The molecule has 0 spiro atoms. The van der Waals surface area contributed by atoms with Crippen LogP contribution < -0.4 is 10.0 Å². The third-order valence-electron chi connectivity index (χ3n) is 4.05. The normalized spacial score (nSPS) is 25.0. The van der Waals surface area contributed by atoms with Crippen LogP contribution in [0.4, 0.5) is 5.69 Å². The van der Waals surface area contributed by atoms with Crippen LogP contribution in [0, 0.1) is 5.41 Å². The molecule has 0 saturated heterocycles. The van der Waals surface area contributed by atoms with Crippen LogP contribution in [-0.2, 0) is 14.8 Å². The zero-order valence-corrected chi connectivity index (χ0v) is 13.0. The SMILES string of the molecule is CNc1cccnc1S(=O)(=O)NC1CC(OC)C1(C)C. The first kappa shape index (κ1) is 15.2. The number of pyridine rings is 1. The van der Waals surface area contributed by atoms with Crippen molar-refractivity contribution in [2.24, 2.45) is 5.41 Å². The van der Waals surface area contributed by atoms with Crippen LogP contribution in [0.5, 0.6) is 0 Å². The quantitative estimate of drug-likeness (QED) is 0.854. The van der Waals surface area contributed by atoms with Gasteiger partial charge in [0.1, 0.15) is 0 Å². The Labute approximate surface area is 120 Å². The molecule has 2 rings (SSSR count). The molecule has 0 aromatic carbocycles. The fraction of sp³-hybridized carbons (Fsp3) is 0.615. The van der Waals surface area contributed by atoms with Gasteiger partial charge < -0.3 is 10.1 Å². The summed E-state index contributed by atoms with van der Waals surface area (Å²) in [6.45, 7) is 3.99. The molecule has 20 heavy (non-hydrogen) atoms. The Balaban J connectivity index is 2.21. The van der Waals surface area contributed by atoms with Gasteiger partial charge in [0.05, 0.1) is 11.8 Å². The van der Waals surface area contributed by atoms with Crippen LogP contribution in [0.1, 0.15) is 20.3 Å². The highest BCUT2D eigenvalue weighted by molar-refractivity contribution is 7.89. The third kappa shape index (κ3) is 2.53. The molecule has 112 valence electrons. The Morgan fingerprint density at radius 1 is 1.45 bits per heavy atom. The molecular weight excluding hydrogens is 278 g/mol. The first-order chi connectivity index (χ1) is 9.32. The Hall–Kier alpha value is -1.18. The molecule has 2 unspecified atom stereocenters. The van der Waals surface area contributed by atoms with Gasteiger partial charge in [0.25, 0.3) is 10.0 Å². The van der Waals surface area contributed by atoms with E-state index in [1.165, 1.54) is 6.20 Å². The van der Waals surface area contributed by atoms with E-state index >= 15 is 0 Å². The van der Waals surface area contributed by atoms with Gasteiger partial charge >= 0.3 is 0 Å². The average molecular weight is 299 g/mol. The third-order valence-corrected chi connectivity index (χ3v) is 5.48. The van der Waals surface area contributed by atoms with Crippen LogP contribution in [0.15, 0.2) is 23.4 Å². The Morgan fingerprint density at radius 3 is 2.70 bits per heavy atom. The van der Waals surface area contributed by atoms with Crippen molar-refractivity contribution >= 4 is 15.7 Å². The maximum absolute atomic E-state index is 12.4. The topological polar surface area (TPSA) is 80.3 Å². The molecule has 1 saturated carbocycles. The van der Waals surface area contributed by atoms with Gasteiger partial charge in [0, 0.05) is 31.8 Å². The number of aromatic nitrogens is 1. The van der Waals surface area contributed by atoms with Crippen molar-refractivity contribution in [2.75, 3.05) is 19.5 Å². The fourth-order valence-corrected chi connectivity index (χ4v) is 4.07. The van der Waals surface area contributed by atoms with E-state index in [-0.39, 0.29) is 22.6 Å². The molecule has 1 fully saturated rings. The number of anilines is 1. The molecule has 1 aromatic heterocycles. The molecule has 2 N–H and O–H groups in total. The predicted molar refractivity (Wildman–Crippen MR) is 77.1 cm³/mol. The number of sulfonamides is 1. The van der Waals surface area contributed by atoms with Gasteiger partial charge in [-0.15, -0.1) is 0 Å². The summed E-state index contributed by atoms with van der Waals surface area (Å²) in [5.74, 6) is 0. The zero-order valence-electron chi connectivity index (χ0n) is 12.2. The molecule has 1 heterocycles. The highest BCUT2D eigenvalue weighted by Crippen LogP contribution is 2.43. The summed E-state index contributed by atoms with van der Waals surface area (Å²) < 4.78 is 32.9. The van der Waals surface area contributed by atoms with Crippen molar-refractivity contribution in [1.29, 1.82) is 0 Å². The first-order valence-corrected chi connectivity index (χ1v) is 7.99. The lowest BCUT2D eigenvalue weighted by molar-refractivity contribution is -0.0908. The molecule has 2 atom stereocenters. The standard InChI is InChI=1S/C13H21N3O3S/c1-13(2)10(8-11(13)19-4)16-20(17,18)12-9(14-3)6-5-7-15-12/h5-7,10-11,14,16H,8H2,1-4H3. The smallest absolute Gasteiger partial charge is 0.260 e. The lowest BCUT2D eigenvalue weighted by Crippen LogP contribution is -2.61. The van der Waals surface area contributed by atoms with Gasteiger partial charge in [-0.2, -0.15) is 0 Å². The number of nitrogens with one attached hydrogen (secondary N) is 2. The molecule has 0 aliphatic heterocycles. The minimum absolute atomic E-state index is 0.0270. The summed E-state index contributed by atoms with van der Waals surface area (Å²) in [6, 6.07) is 3.23. The highest BCUT2D eigenvalue weighted by Gasteiger charge is 2.50. The van der Waals surface area contributed by atoms with E-state index in [4.69, 9.17) is 4.74 Å². The van der Waals surface area contributed by atoms with Crippen LogP contribution in [0.2, 0.25) is 0 Å². The van der Waals surface area contributed by atoms with Gasteiger partial charge in [-0.1, -0.05) is 13.8 Å². The lowest BCUT2D eigenvalue weighted by Gasteiger charge is -2.50. The molecule has 1 aromatic rings. The molecule has 0 amide bonds. The second kappa shape index (κ2) is 5.31. The number of nitrogens with zero attached hydrogens (tertiary/aromatic N) is 1. The van der Waals surface area contributed by atoms with Gasteiger partial charge in [-0.05, 0) is 18.6 Å². The largest absolute Gasteiger partial charge is 0.386 e. The first-order valence-electron chi connectivity index (χ1n) is 6.51. The van der Waals surface area contributed by atoms with E-state index in [2.05, 4.69) is 15.0 Å². The summed E-state index contributed by atoms with van der Waals surface area (Å²) >= 11 is 0. The van der Waals surface area contributed by atoms with Crippen molar-refractivity contribution < 1.29 is 13.2 Å². The minimum atomic E-state index is -3.64. The van der Waals surface area contributed by atoms with Gasteiger partial charge in [0.15, 0.2) is 5.03 Å². The minimum Gasteiger partial charge on any atom is -0.386 e. The van der Waals surface area contributed by atoms with Crippen molar-refractivity contribution in [3.8, 4) is 0 Å². The Kier molecular flexibility index (Phi) is 4.04. The Morgan fingerprint density at radius 2 is 2.15 bits per heavy atom. The molecule has 0 radical (unpaired) electrons. The van der Waals surface area contributed by atoms with Gasteiger partial charge in [0.2, 0.25) is 0 Å². The van der Waals surface area contributed by atoms with Crippen molar-refractivity contribution in [1.82, 2.24) is 9.71 Å². The van der Waals surface area contributed by atoms with Crippen LogP contribution in [0.25, 0.3) is 0 Å². The molecule has 1 aliphatic rings. The van der Waals surface area contributed by atoms with Crippen LogP contribution in [0.3, 0.4) is 0 Å². The van der Waals surface area contributed by atoms with E-state index in [9.17, 15) is 8.42 Å². The van der Waals surface area contributed by atoms with Crippen molar-refractivity contribution in [3.05, 3.63) is 18.3 Å². The summed E-state index contributed by atoms with van der Waals surface area (Å²) in [6.07, 6.45) is 2.21. The van der Waals surface area contributed by atoms with Crippen molar-refractivity contribution in [2.45, 2.75) is 37.4 Å². The molecule has 1 aliphatic carbocycles. The van der Waals surface area contributed by atoms with E-state index in [1.807, 2.05) is 13.8 Å². The second-order valence-corrected chi connectivity index (χ2v) is 7.19. The Bertz CT molecular complexity index is 586. The number of rotatable bonds is 5. The lowest BCUT2D eigenvalue weighted by atomic mass is 9.65. The van der Waals surface area contributed by atoms with E-state index in [0.717, 1.165) is 0 Å². The van der Waals surface area contributed by atoms with Crippen LogP contribution >= 0.6 is 0 Å². The van der Waals surface area contributed by atoms with E-state index in [0.29, 0.717) is 12.1 Å². The van der Waals surface area contributed by atoms with Crippen LogP contribution in [-0.4, -0.2) is 39.7 Å². The maximum atomic E-state index is 12.4. The van der Waals surface area contributed by atoms with E-state index in [1.54, 1.807) is 26.3 Å². The fourth-order valence-electron chi connectivity index (χ4n) is 2.52. The zero-order chi connectivity index (χ0) is 15.0. The van der Waals surface area contributed by atoms with Crippen molar-refractivity contribution in [3.63, 3.8) is 0 Å². The molecule has 7 heteroatoms. The average Bonchev–Trinajstić information content (AvgIpc) is 2.43. The summed E-state index contributed by atoms with van der Waals surface area (Å²) in [7, 11) is -0.326. The molecule has 0 bridgehead atoms. The van der Waals surface area contributed by atoms with Gasteiger partial charge in [-0.3, -0.25) is 0 Å². The molecule has 6 nitrogen and oxygen atoms in total. The number of hydrogen-bond donors (Lipinski definition) is 2. The predicted octanol–water partition coefficient (Wildman–Crippen LogP) is 1.22. The highest BCUT2D eigenvalue weighted by atomic mass is 32.2. The summed E-state index contributed by atoms with van der Waals surface area (Å²) in [5, 5.41) is 2.87. The van der Waals surface area contributed by atoms with E-state index < -0.39 is 10.0 Å². The number of hydrogen-bond acceptors (Lipinski definition) is 5. The summed E-state index contributed by atoms with van der Waals surface area (Å²) in [5.41, 5.74) is 0.261. The van der Waals surface area contributed by atoms with Gasteiger partial charge in [-0.25, -0.2) is 18.1 Å². The maximum Gasteiger partial charge on any atom is 0.260 e. The monoisotopic (exact) mass is 299 g/mol. The number of methoxy groups -OCH3 is 1. The number of ether oxygens (including phenoxy) is 1. The summed E-state index contributed by atoms with van der Waals surface area (Å²) in [4.78, 5) is 3.98.